The van der Waals surface area contributed by atoms with E-state index in [0.29, 0.717) is 23.4 Å². The van der Waals surface area contributed by atoms with E-state index in [1.807, 2.05) is 16.4 Å². The first-order valence-electron chi connectivity index (χ1n) is 11.2. The SMILES string of the molecule is Cc1ccccc1N1CCN(C(=O)c2sc3nc4n(c(=O)c3c2C)CCCCC4)CC1. The first-order chi connectivity index (χ1) is 15.0. The molecule has 1 fully saturated rings. The van der Waals surface area contributed by atoms with Gasteiger partial charge in [-0.15, -0.1) is 11.3 Å². The molecule has 1 aromatic carbocycles. The summed E-state index contributed by atoms with van der Waals surface area (Å²) in [7, 11) is 0. The predicted octanol–water partition coefficient (Wildman–Crippen LogP) is 3.76. The van der Waals surface area contributed by atoms with Gasteiger partial charge >= 0.3 is 0 Å². The molecule has 0 aliphatic carbocycles. The number of fused-ring (bicyclic) bond motifs is 2. The molecule has 31 heavy (non-hydrogen) atoms. The molecule has 5 rings (SSSR count). The minimum absolute atomic E-state index is 0.0269. The summed E-state index contributed by atoms with van der Waals surface area (Å²) in [6.07, 6.45) is 4.05. The van der Waals surface area contributed by atoms with Gasteiger partial charge in [0.05, 0.1) is 10.3 Å². The van der Waals surface area contributed by atoms with Crippen LogP contribution in [0.15, 0.2) is 29.1 Å². The summed E-state index contributed by atoms with van der Waals surface area (Å²) in [6, 6.07) is 8.39. The normalized spacial score (nSPS) is 17.0. The average molecular weight is 437 g/mol. The zero-order chi connectivity index (χ0) is 21.5. The van der Waals surface area contributed by atoms with Crippen molar-refractivity contribution in [1.29, 1.82) is 0 Å². The number of aryl methyl sites for hydroxylation is 3. The van der Waals surface area contributed by atoms with Gasteiger partial charge in [0.25, 0.3) is 11.5 Å². The number of aromatic nitrogens is 2. The molecule has 162 valence electrons. The van der Waals surface area contributed by atoms with Crippen molar-refractivity contribution in [3.63, 3.8) is 0 Å². The fourth-order valence-electron chi connectivity index (χ4n) is 4.83. The summed E-state index contributed by atoms with van der Waals surface area (Å²) in [5.41, 5.74) is 3.32. The fourth-order valence-corrected chi connectivity index (χ4v) is 5.98. The molecule has 2 aliphatic rings. The number of carbonyl (C=O) groups is 1. The molecule has 1 saturated heterocycles. The van der Waals surface area contributed by atoms with Crippen molar-refractivity contribution >= 4 is 33.1 Å². The lowest BCUT2D eigenvalue weighted by Crippen LogP contribution is -2.49. The van der Waals surface area contributed by atoms with Gasteiger partial charge < -0.3 is 9.80 Å². The maximum Gasteiger partial charge on any atom is 0.264 e. The van der Waals surface area contributed by atoms with E-state index >= 15 is 0 Å². The second-order valence-electron chi connectivity index (χ2n) is 8.60. The Morgan fingerprint density at radius 3 is 2.55 bits per heavy atom. The Bertz CT molecular complexity index is 1200. The lowest BCUT2D eigenvalue weighted by molar-refractivity contribution is 0.0751. The number of carbonyl (C=O) groups excluding carboxylic acids is 1. The van der Waals surface area contributed by atoms with Crippen molar-refractivity contribution in [3.05, 3.63) is 56.4 Å². The van der Waals surface area contributed by atoms with Crippen LogP contribution in [0.25, 0.3) is 10.2 Å². The third-order valence-electron chi connectivity index (χ3n) is 6.63. The molecule has 1 amide bonds. The molecule has 2 aromatic heterocycles. The maximum absolute atomic E-state index is 13.4. The number of nitrogens with zero attached hydrogens (tertiary/aromatic N) is 4. The largest absolute Gasteiger partial charge is 0.368 e. The van der Waals surface area contributed by atoms with Crippen molar-refractivity contribution in [3.8, 4) is 0 Å². The van der Waals surface area contributed by atoms with Crippen LogP contribution in [0.4, 0.5) is 5.69 Å². The van der Waals surface area contributed by atoms with Crippen molar-refractivity contribution in [2.24, 2.45) is 0 Å². The highest BCUT2D eigenvalue weighted by atomic mass is 32.1. The highest BCUT2D eigenvalue weighted by molar-refractivity contribution is 7.20. The molecule has 0 N–H and O–H groups in total. The van der Waals surface area contributed by atoms with E-state index in [1.54, 1.807) is 0 Å². The molecule has 0 unspecified atom stereocenters. The van der Waals surface area contributed by atoms with Crippen LogP contribution in [0, 0.1) is 13.8 Å². The molecule has 7 heteroatoms. The Balaban J connectivity index is 1.41. The first kappa shape index (κ1) is 20.2. The van der Waals surface area contributed by atoms with Gasteiger partial charge in [0, 0.05) is 44.8 Å². The Morgan fingerprint density at radius 1 is 1.00 bits per heavy atom. The minimum Gasteiger partial charge on any atom is -0.368 e. The third kappa shape index (κ3) is 3.55. The van der Waals surface area contributed by atoms with Crippen LogP contribution in [-0.2, 0) is 13.0 Å². The minimum atomic E-state index is 0.0269. The highest BCUT2D eigenvalue weighted by Gasteiger charge is 2.28. The monoisotopic (exact) mass is 436 g/mol. The number of para-hydroxylation sites is 1. The van der Waals surface area contributed by atoms with Gasteiger partial charge in [-0.05, 0) is 43.9 Å². The standard InChI is InChI=1S/C24H28N4O2S/c1-16-8-5-6-9-18(16)26-12-14-27(15-13-26)24(30)21-17(2)20-22(31-21)25-19-10-4-3-7-11-28(19)23(20)29/h5-6,8-9H,3-4,7,10-15H2,1-2H3. The summed E-state index contributed by atoms with van der Waals surface area (Å²) in [6.45, 7) is 7.76. The molecule has 0 bridgehead atoms. The van der Waals surface area contributed by atoms with Crippen LogP contribution in [0.5, 0.6) is 0 Å². The van der Waals surface area contributed by atoms with E-state index in [2.05, 4.69) is 36.1 Å². The molecule has 2 aliphatic heterocycles. The molecular weight excluding hydrogens is 408 g/mol. The Labute approximate surface area is 186 Å². The third-order valence-corrected chi connectivity index (χ3v) is 7.80. The second kappa shape index (κ2) is 8.11. The second-order valence-corrected chi connectivity index (χ2v) is 9.60. The molecule has 0 radical (unpaired) electrons. The average Bonchev–Trinajstić information content (AvgIpc) is 2.95. The number of rotatable bonds is 2. The summed E-state index contributed by atoms with van der Waals surface area (Å²) < 4.78 is 1.84. The summed E-state index contributed by atoms with van der Waals surface area (Å²) in [5.74, 6) is 0.909. The fraction of sp³-hybridized carbons (Fsp3) is 0.458. The van der Waals surface area contributed by atoms with Gasteiger partial charge in [0.1, 0.15) is 10.7 Å². The van der Waals surface area contributed by atoms with Gasteiger partial charge in [-0.2, -0.15) is 0 Å². The smallest absolute Gasteiger partial charge is 0.264 e. The number of piperazine rings is 1. The molecule has 0 spiro atoms. The summed E-state index contributed by atoms with van der Waals surface area (Å²) in [4.78, 5) is 37.0. The highest BCUT2D eigenvalue weighted by Crippen LogP contribution is 2.30. The van der Waals surface area contributed by atoms with Crippen LogP contribution in [0.1, 0.15) is 45.9 Å². The number of amides is 1. The number of hydrogen-bond donors (Lipinski definition) is 0. The Morgan fingerprint density at radius 2 is 1.77 bits per heavy atom. The van der Waals surface area contributed by atoms with E-state index < -0.39 is 0 Å². The Hall–Kier alpha value is -2.67. The van der Waals surface area contributed by atoms with Crippen LogP contribution in [0.3, 0.4) is 0 Å². The molecular formula is C24H28N4O2S. The Kier molecular flexibility index (Phi) is 5.30. The number of thiophene rings is 1. The topological polar surface area (TPSA) is 58.4 Å². The van der Waals surface area contributed by atoms with Gasteiger partial charge in [0.15, 0.2) is 0 Å². The number of hydrogen-bond acceptors (Lipinski definition) is 5. The van der Waals surface area contributed by atoms with Gasteiger partial charge in [-0.1, -0.05) is 24.6 Å². The van der Waals surface area contributed by atoms with E-state index in [-0.39, 0.29) is 11.5 Å². The van der Waals surface area contributed by atoms with Crippen molar-refractivity contribution in [2.75, 3.05) is 31.1 Å². The zero-order valence-electron chi connectivity index (χ0n) is 18.2. The molecule has 0 saturated carbocycles. The van der Waals surface area contributed by atoms with E-state index in [0.717, 1.165) is 61.5 Å². The first-order valence-corrected chi connectivity index (χ1v) is 12.0. The van der Waals surface area contributed by atoms with Crippen LogP contribution < -0.4 is 10.5 Å². The summed E-state index contributed by atoms with van der Waals surface area (Å²) in [5, 5.41) is 0.637. The van der Waals surface area contributed by atoms with Gasteiger partial charge in [-0.25, -0.2) is 4.98 Å². The lowest BCUT2D eigenvalue weighted by atomic mass is 10.1. The number of benzene rings is 1. The quantitative estimate of drug-likeness (QED) is 0.614. The van der Waals surface area contributed by atoms with Crippen molar-refractivity contribution in [2.45, 2.75) is 46.1 Å². The summed E-state index contributed by atoms with van der Waals surface area (Å²) >= 11 is 1.39. The molecule has 4 heterocycles. The van der Waals surface area contributed by atoms with E-state index in [1.165, 1.54) is 22.6 Å². The maximum atomic E-state index is 13.4. The predicted molar refractivity (Wildman–Crippen MR) is 125 cm³/mol. The van der Waals surface area contributed by atoms with E-state index in [4.69, 9.17) is 4.98 Å². The lowest BCUT2D eigenvalue weighted by Gasteiger charge is -2.36. The van der Waals surface area contributed by atoms with Gasteiger partial charge in [0.2, 0.25) is 0 Å². The van der Waals surface area contributed by atoms with E-state index in [9.17, 15) is 9.59 Å². The zero-order valence-corrected chi connectivity index (χ0v) is 19.0. The van der Waals surface area contributed by atoms with Crippen LogP contribution in [0.2, 0.25) is 0 Å². The molecule has 3 aromatic rings. The number of anilines is 1. The molecule has 6 nitrogen and oxygen atoms in total. The molecule has 0 atom stereocenters. The van der Waals surface area contributed by atoms with Crippen molar-refractivity contribution in [1.82, 2.24) is 14.5 Å². The van der Waals surface area contributed by atoms with Gasteiger partial charge in [-0.3, -0.25) is 14.2 Å². The van der Waals surface area contributed by atoms with Crippen LogP contribution >= 0.6 is 11.3 Å². The van der Waals surface area contributed by atoms with Crippen LogP contribution in [-0.4, -0.2) is 46.5 Å². The van der Waals surface area contributed by atoms with Crippen molar-refractivity contribution < 1.29 is 4.79 Å².